The van der Waals surface area contributed by atoms with Gasteiger partial charge >= 0.3 is 0 Å². The van der Waals surface area contributed by atoms with E-state index in [2.05, 4.69) is 34.5 Å². The number of benzene rings is 2. The summed E-state index contributed by atoms with van der Waals surface area (Å²) in [6.45, 7) is 3.20. The van der Waals surface area contributed by atoms with Crippen molar-refractivity contribution in [2.45, 2.75) is 13.0 Å². The Kier molecular flexibility index (Phi) is 4.91. The fraction of sp³-hybridized carbons (Fsp3) is 0.261. The van der Waals surface area contributed by atoms with Crippen molar-refractivity contribution in [1.29, 1.82) is 0 Å². The van der Waals surface area contributed by atoms with Crippen LogP contribution in [0.2, 0.25) is 0 Å². The zero-order valence-corrected chi connectivity index (χ0v) is 16.3. The van der Waals surface area contributed by atoms with Gasteiger partial charge in [-0.2, -0.15) is 0 Å². The molecule has 5 heteroatoms. The van der Waals surface area contributed by atoms with Crippen LogP contribution in [0.25, 0.3) is 11.6 Å². The second-order valence-corrected chi connectivity index (χ2v) is 7.12. The summed E-state index contributed by atoms with van der Waals surface area (Å²) in [6, 6.07) is 12.2. The van der Waals surface area contributed by atoms with Crippen LogP contribution in [0.3, 0.4) is 0 Å². The van der Waals surface area contributed by atoms with Crippen LogP contribution in [-0.4, -0.2) is 44.0 Å². The molecule has 2 aliphatic rings. The predicted molar refractivity (Wildman–Crippen MR) is 114 cm³/mol. The van der Waals surface area contributed by atoms with Crippen LogP contribution in [0.15, 0.2) is 41.4 Å². The average molecular weight is 373 g/mol. The molecule has 28 heavy (non-hydrogen) atoms. The van der Waals surface area contributed by atoms with E-state index in [-0.39, 0.29) is 6.10 Å². The third-order valence-electron chi connectivity index (χ3n) is 4.79. The van der Waals surface area contributed by atoms with Gasteiger partial charge in [0.1, 0.15) is 24.1 Å². The number of hydrogen-bond donors (Lipinski definition) is 1. The molecule has 1 atom stereocenters. The fourth-order valence-electron chi connectivity index (χ4n) is 3.32. The van der Waals surface area contributed by atoms with Crippen LogP contribution in [0, 0.1) is 12.3 Å². The topological polar surface area (TPSA) is 46.1 Å². The van der Waals surface area contributed by atoms with Gasteiger partial charge in [-0.15, -0.1) is 6.42 Å². The van der Waals surface area contributed by atoms with Crippen molar-refractivity contribution in [3.05, 3.63) is 53.1 Å². The first-order chi connectivity index (χ1) is 13.6. The Bertz CT molecular complexity index is 1010. The first-order valence-corrected chi connectivity index (χ1v) is 9.31. The molecule has 2 aromatic carbocycles. The number of nitrogens with zero attached hydrogens (tertiary/aromatic N) is 2. The van der Waals surface area contributed by atoms with Crippen molar-refractivity contribution in [1.82, 2.24) is 4.90 Å². The Morgan fingerprint density at radius 1 is 1.21 bits per heavy atom. The zero-order valence-electron chi connectivity index (χ0n) is 16.3. The summed E-state index contributed by atoms with van der Waals surface area (Å²) in [5, 5.41) is 0. The first-order valence-electron chi connectivity index (χ1n) is 9.31. The number of hydrogen-bond acceptors (Lipinski definition) is 5. The molecule has 0 bridgehead atoms. The standard InChI is InChI=1S/C23H23N3O2/c1-5-15(2)28-25-23-20(27-13-12-26(3)4)11-10-19-21(23)18-14-16-8-6-7-9-17(16)22(18)24-19/h1,6-11,14-15,25H,12-13H2,2-4H3. The monoisotopic (exact) mass is 373 g/mol. The van der Waals surface area contributed by atoms with Crippen LogP contribution in [-0.2, 0) is 4.84 Å². The van der Waals surface area contributed by atoms with E-state index in [0.29, 0.717) is 6.61 Å². The number of fused-ring (bicyclic) bond motifs is 5. The number of likely N-dealkylation sites (N-methyl/N-ethyl adjacent to an activating group) is 1. The quantitative estimate of drug-likeness (QED) is 0.589. The molecular formula is C23H23N3O2. The summed E-state index contributed by atoms with van der Waals surface area (Å²) in [7, 11) is 4.03. The molecule has 0 saturated carbocycles. The van der Waals surface area contributed by atoms with Crippen LogP contribution < -0.4 is 10.2 Å². The lowest BCUT2D eigenvalue weighted by molar-refractivity contribution is 0.157. The molecule has 142 valence electrons. The molecule has 0 amide bonds. The molecule has 0 aromatic heterocycles. The van der Waals surface area contributed by atoms with E-state index >= 15 is 0 Å². The van der Waals surface area contributed by atoms with Gasteiger partial charge in [-0.25, -0.2) is 4.99 Å². The van der Waals surface area contributed by atoms with Gasteiger partial charge in [-0.3, -0.25) is 10.3 Å². The Morgan fingerprint density at radius 3 is 2.82 bits per heavy atom. The molecule has 1 N–H and O–H groups in total. The smallest absolute Gasteiger partial charge is 0.145 e. The maximum Gasteiger partial charge on any atom is 0.145 e. The number of nitrogens with one attached hydrogen (secondary N) is 1. The molecule has 0 fully saturated rings. The van der Waals surface area contributed by atoms with E-state index in [1.165, 1.54) is 5.56 Å². The van der Waals surface area contributed by atoms with Crippen molar-refractivity contribution < 1.29 is 9.57 Å². The lowest BCUT2D eigenvalue weighted by Gasteiger charge is -2.19. The fourth-order valence-corrected chi connectivity index (χ4v) is 3.32. The van der Waals surface area contributed by atoms with Gasteiger partial charge in [0.05, 0.1) is 11.4 Å². The van der Waals surface area contributed by atoms with Crippen LogP contribution in [0.5, 0.6) is 5.75 Å². The highest BCUT2D eigenvalue weighted by molar-refractivity contribution is 6.44. The molecular weight excluding hydrogens is 350 g/mol. The minimum absolute atomic E-state index is 0.373. The van der Waals surface area contributed by atoms with Gasteiger partial charge in [-0.05, 0) is 44.8 Å². The van der Waals surface area contributed by atoms with Crippen molar-refractivity contribution in [2.75, 3.05) is 32.7 Å². The minimum Gasteiger partial charge on any atom is -0.490 e. The Hall–Kier alpha value is -3.07. The summed E-state index contributed by atoms with van der Waals surface area (Å²) in [5.41, 5.74) is 10.1. The molecule has 5 nitrogen and oxygen atoms in total. The Morgan fingerprint density at radius 2 is 2.04 bits per heavy atom. The van der Waals surface area contributed by atoms with E-state index in [1.54, 1.807) is 0 Å². The summed E-state index contributed by atoms with van der Waals surface area (Å²) in [4.78, 5) is 12.6. The normalized spacial score (nSPS) is 14.5. The number of anilines is 1. The summed E-state index contributed by atoms with van der Waals surface area (Å²) >= 11 is 0. The lowest BCUT2D eigenvalue weighted by atomic mass is 10.0. The second-order valence-electron chi connectivity index (χ2n) is 7.12. The van der Waals surface area contributed by atoms with Gasteiger partial charge in [0.15, 0.2) is 0 Å². The van der Waals surface area contributed by atoms with E-state index < -0.39 is 0 Å². The third-order valence-corrected chi connectivity index (χ3v) is 4.79. The lowest BCUT2D eigenvalue weighted by Crippen LogP contribution is -2.20. The largest absolute Gasteiger partial charge is 0.490 e. The number of aliphatic imine (C=N–C) groups is 1. The maximum atomic E-state index is 6.05. The number of rotatable bonds is 7. The van der Waals surface area contributed by atoms with Gasteiger partial charge in [0.2, 0.25) is 0 Å². The van der Waals surface area contributed by atoms with E-state index in [4.69, 9.17) is 21.0 Å². The highest BCUT2D eigenvalue weighted by Gasteiger charge is 2.32. The average Bonchev–Trinajstić information content (AvgIpc) is 3.22. The van der Waals surface area contributed by atoms with Crippen molar-refractivity contribution in [3.63, 3.8) is 0 Å². The summed E-state index contributed by atoms with van der Waals surface area (Å²) < 4.78 is 6.05. The second kappa shape index (κ2) is 7.51. The molecule has 4 rings (SSSR count). The van der Waals surface area contributed by atoms with Crippen LogP contribution in [0.4, 0.5) is 11.4 Å². The Labute approximate surface area is 165 Å². The Balaban J connectivity index is 1.72. The number of allylic oxidation sites excluding steroid dienone is 1. The number of ether oxygens (including phenoxy) is 1. The predicted octanol–water partition coefficient (Wildman–Crippen LogP) is 3.98. The SMILES string of the molecule is C#CC(C)ONc1c(OCCN(C)C)ccc2c1C1=Cc3ccccc3C1=N2. The molecule has 1 unspecified atom stereocenters. The molecule has 1 heterocycles. The molecule has 2 aromatic rings. The minimum atomic E-state index is -0.373. The van der Waals surface area contributed by atoms with Crippen molar-refractivity contribution >= 4 is 28.7 Å². The van der Waals surface area contributed by atoms with Gasteiger partial charge in [0.25, 0.3) is 0 Å². The molecule has 1 aliphatic carbocycles. The molecule has 0 radical (unpaired) electrons. The van der Waals surface area contributed by atoms with E-state index in [0.717, 1.165) is 46.1 Å². The third kappa shape index (κ3) is 3.29. The van der Waals surface area contributed by atoms with Gasteiger partial charge in [-0.1, -0.05) is 30.2 Å². The zero-order chi connectivity index (χ0) is 19.7. The maximum absolute atomic E-state index is 6.05. The van der Waals surface area contributed by atoms with Crippen LogP contribution in [0.1, 0.15) is 23.6 Å². The van der Waals surface area contributed by atoms with E-state index in [9.17, 15) is 0 Å². The van der Waals surface area contributed by atoms with Crippen molar-refractivity contribution in [3.8, 4) is 18.1 Å². The van der Waals surface area contributed by atoms with Gasteiger partial charge < -0.3 is 9.64 Å². The number of terminal acetylenes is 1. The van der Waals surface area contributed by atoms with E-state index in [1.807, 2.05) is 45.3 Å². The molecule has 0 saturated heterocycles. The summed E-state index contributed by atoms with van der Waals surface area (Å²) in [6.07, 6.45) is 7.25. The van der Waals surface area contributed by atoms with Crippen molar-refractivity contribution in [2.24, 2.45) is 4.99 Å². The van der Waals surface area contributed by atoms with Gasteiger partial charge in [0, 0.05) is 23.2 Å². The molecule has 0 spiro atoms. The molecule has 1 aliphatic heterocycles. The van der Waals surface area contributed by atoms with Crippen LogP contribution >= 0.6 is 0 Å². The highest BCUT2D eigenvalue weighted by Crippen LogP contribution is 2.49. The first kappa shape index (κ1) is 18.3. The summed E-state index contributed by atoms with van der Waals surface area (Å²) in [5.74, 6) is 3.29. The highest BCUT2D eigenvalue weighted by atomic mass is 16.7.